The maximum Gasteiger partial charge on any atom is 0.200 e. The predicted molar refractivity (Wildman–Crippen MR) is 66.3 cm³/mol. The van der Waals surface area contributed by atoms with Crippen molar-refractivity contribution in [1.82, 2.24) is 0 Å². The minimum Gasteiger partial charge on any atom is -0.464 e. The molecule has 0 N–H and O–H groups in total. The van der Waals surface area contributed by atoms with Crippen molar-refractivity contribution in [2.45, 2.75) is 25.7 Å². The second kappa shape index (κ2) is 4.55. The average molecular weight is 246 g/mol. The lowest BCUT2D eigenvalue weighted by atomic mass is 10.1. The van der Waals surface area contributed by atoms with E-state index in [1.54, 1.807) is 12.1 Å². The molecule has 0 radical (unpaired) electrons. The van der Waals surface area contributed by atoms with Crippen molar-refractivity contribution in [1.29, 1.82) is 0 Å². The van der Waals surface area contributed by atoms with Gasteiger partial charge in [0, 0.05) is 0 Å². The zero-order valence-corrected chi connectivity index (χ0v) is 10.1. The maximum atomic E-state index is 12.3. The second-order valence-corrected chi connectivity index (χ2v) is 4.45. The molecule has 18 heavy (non-hydrogen) atoms. The number of ether oxygens (including phenoxy) is 2. The summed E-state index contributed by atoms with van der Waals surface area (Å²) in [5, 5.41) is 0.556. The number of para-hydroxylation sites is 1. The lowest BCUT2D eigenvalue weighted by Gasteiger charge is -2.27. The van der Waals surface area contributed by atoms with Gasteiger partial charge in [-0.3, -0.25) is 4.79 Å². The van der Waals surface area contributed by atoms with Crippen LogP contribution in [0.4, 0.5) is 0 Å². The highest BCUT2D eigenvalue weighted by Crippen LogP contribution is 2.25. The highest BCUT2D eigenvalue weighted by atomic mass is 16.7. The summed E-state index contributed by atoms with van der Waals surface area (Å²) < 4.78 is 16.6. The molecule has 0 saturated carbocycles. The van der Waals surface area contributed by atoms with Gasteiger partial charge in [-0.1, -0.05) is 12.1 Å². The lowest BCUT2D eigenvalue weighted by Crippen LogP contribution is -2.28. The molecule has 4 nitrogen and oxygen atoms in total. The third-order valence-electron chi connectivity index (χ3n) is 3.11. The van der Waals surface area contributed by atoms with E-state index in [-0.39, 0.29) is 11.5 Å². The van der Waals surface area contributed by atoms with Crippen LogP contribution in [0.2, 0.25) is 0 Å². The molecule has 0 spiro atoms. The Bertz CT molecular complexity index is 616. The van der Waals surface area contributed by atoms with Crippen LogP contribution >= 0.6 is 0 Å². The summed E-state index contributed by atoms with van der Waals surface area (Å²) in [4.78, 5) is 12.3. The van der Waals surface area contributed by atoms with E-state index in [1.165, 1.54) is 6.26 Å². The van der Waals surface area contributed by atoms with E-state index in [0.717, 1.165) is 6.42 Å². The highest BCUT2D eigenvalue weighted by Gasteiger charge is 2.25. The molecule has 3 rings (SSSR count). The van der Waals surface area contributed by atoms with Gasteiger partial charge in [-0.15, -0.1) is 0 Å². The topological polar surface area (TPSA) is 48.7 Å². The largest absolute Gasteiger partial charge is 0.464 e. The Balaban J connectivity index is 2.07. The quantitative estimate of drug-likeness (QED) is 0.776. The van der Waals surface area contributed by atoms with E-state index in [9.17, 15) is 4.79 Å². The van der Waals surface area contributed by atoms with Crippen LogP contribution in [0.5, 0.6) is 0 Å². The molecule has 1 aliphatic heterocycles. The van der Waals surface area contributed by atoms with Crippen LogP contribution in [0.3, 0.4) is 0 Å². The molecule has 94 valence electrons. The summed E-state index contributed by atoms with van der Waals surface area (Å²) in [7, 11) is 0. The van der Waals surface area contributed by atoms with Gasteiger partial charge in [0.15, 0.2) is 6.29 Å². The van der Waals surface area contributed by atoms with Gasteiger partial charge < -0.3 is 13.9 Å². The second-order valence-electron chi connectivity index (χ2n) is 4.45. The summed E-state index contributed by atoms with van der Waals surface area (Å²) >= 11 is 0. The van der Waals surface area contributed by atoms with Crippen LogP contribution in [0.25, 0.3) is 11.0 Å². The van der Waals surface area contributed by atoms with Crippen LogP contribution in [-0.2, 0) is 9.47 Å². The molecule has 1 fully saturated rings. The van der Waals surface area contributed by atoms with Crippen LogP contribution < -0.4 is 5.43 Å². The molecule has 2 atom stereocenters. The summed E-state index contributed by atoms with van der Waals surface area (Å²) in [5.74, 6) is 0. The molecule has 2 heterocycles. The fourth-order valence-corrected chi connectivity index (χ4v) is 2.08. The first kappa shape index (κ1) is 11.4. The molecule has 1 saturated heterocycles. The van der Waals surface area contributed by atoms with Crippen LogP contribution in [0, 0.1) is 0 Å². The van der Waals surface area contributed by atoms with Gasteiger partial charge in [0.25, 0.3) is 0 Å². The third kappa shape index (κ3) is 1.94. The Morgan fingerprint density at radius 2 is 2.11 bits per heavy atom. The van der Waals surface area contributed by atoms with Crippen molar-refractivity contribution >= 4 is 11.0 Å². The molecule has 0 bridgehead atoms. The van der Waals surface area contributed by atoms with Gasteiger partial charge in [-0.2, -0.15) is 0 Å². The standard InChI is InChI=1S/C14H14O4/c1-9-6-7-16-14(18-9)11-8-17-12-5-3-2-4-10(12)13(11)15/h2-5,8-9,14H,6-7H2,1H3/t9-,14-/m1/s1. The summed E-state index contributed by atoms with van der Waals surface area (Å²) in [6.07, 6.45) is 1.76. The summed E-state index contributed by atoms with van der Waals surface area (Å²) in [5.41, 5.74) is 0.923. The lowest BCUT2D eigenvalue weighted by molar-refractivity contribution is -0.213. The smallest absolute Gasteiger partial charge is 0.200 e. The van der Waals surface area contributed by atoms with Crippen molar-refractivity contribution in [3.05, 3.63) is 46.3 Å². The number of hydrogen-bond donors (Lipinski definition) is 0. The Kier molecular flexibility index (Phi) is 2.89. The fourth-order valence-electron chi connectivity index (χ4n) is 2.08. The predicted octanol–water partition coefficient (Wildman–Crippen LogP) is 2.62. The van der Waals surface area contributed by atoms with Crippen LogP contribution in [0.15, 0.2) is 39.7 Å². The summed E-state index contributed by atoms with van der Waals surface area (Å²) in [6.45, 7) is 2.57. The zero-order valence-electron chi connectivity index (χ0n) is 10.1. The molecule has 1 aromatic carbocycles. The molecule has 0 unspecified atom stereocenters. The molecule has 2 aromatic rings. The van der Waals surface area contributed by atoms with Crippen molar-refractivity contribution in [3.8, 4) is 0 Å². The Morgan fingerprint density at radius 3 is 2.94 bits per heavy atom. The van der Waals surface area contributed by atoms with E-state index in [0.29, 0.717) is 23.1 Å². The van der Waals surface area contributed by atoms with Crippen LogP contribution in [0.1, 0.15) is 25.2 Å². The highest BCUT2D eigenvalue weighted by molar-refractivity contribution is 5.76. The minimum atomic E-state index is -0.616. The number of benzene rings is 1. The molecular weight excluding hydrogens is 232 g/mol. The molecule has 4 heteroatoms. The fraction of sp³-hybridized carbons (Fsp3) is 0.357. The van der Waals surface area contributed by atoms with E-state index >= 15 is 0 Å². The first-order chi connectivity index (χ1) is 8.75. The number of fused-ring (bicyclic) bond motifs is 1. The minimum absolute atomic E-state index is 0.0871. The summed E-state index contributed by atoms with van der Waals surface area (Å²) in [6, 6.07) is 7.16. The SMILES string of the molecule is C[C@@H]1CCO[C@@H](c2coc3ccccc3c2=O)O1. The Morgan fingerprint density at radius 1 is 1.28 bits per heavy atom. The average Bonchev–Trinajstić information content (AvgIpc) is 2.39. The normalized spacial score (nSPS) is 24.3. The molecule has 0 amide bonds. The Labute approximate surface area is 104 Å². The monoisotopic (exact) mass is 246 g/mol. The van der Waals surface area contributed by atoms with Crippen LogP contribution in [-0.4, -0.2) is 12.7 Å². The van der Waals surface area contributed by atoms with Gasteiger partial charge in [0.05, 0.1) is 23.7 Å². The molecule has 0 aliphatic carbocycles. The van der Waals surface area contributed by atoms with E-state index in [4.69, 9.17) is 13.9 Å². The van der Waals surface area contributed by atoms with Crippen molar-refractivity contribution in [2.24, 2.45) is 0 Å². The van der Waals surface area contributed by atoms with Gasteiger partial charge >= 0.3 is 0 Å². The van der Waals surface area contributed by atoms with E-state index < -0.39 is 6.29 Å². The first-order valence-corrected chi connectivity index (χ1v) is 6.03. The molecule has 1 aliphatic rings. The number of rotatable bonds is 1. The van der Waals surface area contributed by atoms with Gasteiger partial charge in [0.1, 0.15) is 11.8 Å². The zero-order chi connectivity index (χ0) is 12.5. The van der Waals surface area contributed by atoms with Gasteiger partial charge in [0.2, 0.25) is 5.43 Å². The van der Waals surface area contributed by atoms with Crippen molar-refractivity contribution < 1.29 is 13.9 Å². The van der Waals surface area contributed by atoms with Crippen molar-refractivity contribution in [2.75, 3.05) is 6.61 Å². The van der Waals surface area contributed by atoms with Gasteiger partial charge in [-0.25, -0.2) is 0 Å². The van der Waals surface area contributed by atoms with E-state index in [2.05, 4.69) is 0 Å². The maximum absolute atomic E-state index is 12.3. The first-order valence-electron chi connectivity index (χ1n) is 6.03. The van der Waals surface area contributed by atoms with Crippen molar-refractivity contribution in [3.63, 3.8) is 0 Å². The van der Waals surface area contributed by atoms with E-state index in [1.807, 2.05) is 19.1 Å². The molecule has 1 aromatic heterocycles. The third-order valence-corrected chi connectivity index (χ3v) is 3.11. The Hall–Kier alpha value is -1.65. The molecular formula is C14H14O4. The number of hydrogen-bond acceptors (Lipinski definition) is 4. The van der Waals surface area contributed by atoms with Gasteiger partial charge in [-0.05, 0) is 25.5 Å².